The number of benzene rings is 9. The maximum absolute atomic E-state index is 2.43. The second kappa shape index (κ2) is 12.7. The van der Waals surface area contributed by atoms with Gasteiger partial charge in [-0.1, -0.05) is 121 Å². The maximum Gasteiger partial charge on any atom is 0.0541 e. The van der Waals surface area contributed by atoms with E-state index >= 15 is 0 Å². The summed E-state index contributed by atoms with van der Waals surface area (Å²) in [4.78, 5) is 0. The molecule has 0 saturated heterocycles. The lowest BCUT2D eigenvalue weighted by atomic mass is 9.98. The summed E-state index contributed by atoms with van der Waals surface area (Å²) < 4.78 is 7.47. The number of thiophene rings is 1. The van der Waals surface area contributed by atoms with Gasteiger partial charge in [-0.2, -0.15) is 0 Å². The lowest BCUT2D eigenvalue weighted by molar-refractivity contribution is 1.18. The van der Waals surface area contributed by atoms with Crippen LogP contribution >= 0.6 is 11.3 Å². The summed E-state index contributed by atoms with van der Waals surface area (Å²) in [5.74, 6) is 0. The molecular weight excluding hydrogens is 709 g/mol. The summed E-state index contributed by atoms with van der Waals surface area (Å²) in [7, 11) is 0. The molecule has 0 fully saturated rings. The molecule has 0 bridgehead atoms. The van der Waals surface area contributed by atoms with Crippen molar-refractivity contribution in [3.8, 4) is 44.8 Å². The number of rotatable bonds is 5. The molecule has 0 atom stereocenters. The molecule has 0 amide bonds. The summed E-state index contributed by atoms with van der Waals surface area (Å²) in [5, 5.41) is 7.64. The van der Waals surface area contributed by atoms with Crippen molar-refractivity contribution in [3.63, 3.8) is 0 Å². The highest BCUT2D eigenvalue weighted by Crippen LogP contribution is 2.41. The van der Waals surface area contributed by atoms with Crippen LogP contribution < -0.4 is 0 Å². The number of fused-ring (bicyclic) bond motifs is 9. The third kappa shape index (κ3) is 5.10. The Labute approximate surface area is 333 Å². The van der Waals surface area contributed by atoms with Gasteiger partial charge in [0, 0.05) is 53.1 Å². The number of hydrogen-bond donors (Lipinski definition) is 0. The van der Waals surface area contributed by atoms with Gasteiger partial charge in [-0.05, 0) is 118 Å². The van der Waals surface area contributed by atoms with E-state index in [1.807, 2.05) is 11.3 Å². The van der Waals surface area contributed by atoms with Crippen molar-refractivity contribution < 1.29 is 0 Å². The number of hydrogen-bond acceptors (Lipinski definition) is 1. The first-order chi connectivity index (χ1) is 28.2. The van der Waals surface area contributed by atoms with Crippen LogP contribution in [0.3, 0.4) is 0 Å². The van der Waals surface area contributed by atoms with E-state index in [2.05, 4.69) is 215 Å². The zero-order valence-electron chi connectivity index (χ0n) is 30.9. The fourth-order valence-electron chi connectivity index (χ4n) is 9.01. The lowest BCUT2D eigenvalue weighted by Gasteiger charge is -2.10. The Balaban J connectivity index is 1.05. The molecule has 0 saturated carbocycles. The quantitative estimate of drug-likeness (QED) is 0.166. The second-order valence-electron chi connectivity index (χ2n) is 14.9. The van der Waals surface area contributed by atoms with Gasteiger partial charge in [-0.3, -0.25) is 0 Å². The zero-order chi connectivity index (χ0) is 37.5. The van der Waals surface area contributed by atoms with Crippen LogP contribution in [0.2, 0.25) is 0 Å². The zero-order valence-corrected chi connectivity index (χ0v) is 31.7. The first-order valence-corrected chi connectivity index (χ1v) is 20.3. The maximum atomic E-state index is 2.43. The molecule has 3 heteroatoms. The topological polar surface area (TPSA) is 9.86 Å². The van der Waals surface area contributed by atoms with Crippen LogP contribution in [0.15, 0.2) is 206 Å². The summed E-state index contributed by atoms with van der Waals surface area (Å²) in [5.41, 5.74) is 14.4. The Morgan fingerprint density at radius 2 is 0.649 bits per heavy atom. The molecule has 0 aliphatic carbocycles. The van der Waals surface area contributed by atoms with Gasteiger partial charge < -0.3 is 9.13 Å². The van der Waals surface area contributed by atoms with Crippen LogP contribution in [-0.4, -0.2) is 9.13 Å². The molecule has 0 N–H and O–H groups in total. The van der Waals surface area contributed by atoms with Crippen molar-refractivity contribution >= 4 is 75.1 Å². The van der Waals surface area contributed by atoms with Crippen LogP contribution in [0.5, 0.6) is 0 Å². The fourth-order valence-corrected chi connectivity index (χ4v) is 10.1. The highest BCUT2D eigenvalue weighted by molar-refractivity contribution is 7.25. The smallest absolute Gasteiger partial charge is 0.0541 e. The molecule has 57 heavy (non-hydrogen) atoms. The molecule has 12 aromatic rings. The molecule has 0 radical (unpaired) electrons. The third-order valence-electron chi connectivity index (χ3n) is 11.7. The molecule has 3 heterocycles. The molecule has 0 unspecified atom stereocenters. The Bertz CT molecular complexity index is 3490. The van der Waals surface area contributed by atoms with Crippen LogP contribution in [0.4, 0.5) is 0 Å². The van der Waals surface area contributed by atoms with Gasteiger partial charge in [-0.15, -0.1) is 11.3 Å². The van der Waals surface area contributed by atoms with Gasteiger partial charge in [0.05, 0.1) is 22.1 Å². The van der Waals surface area contributed by atoms with E-state index in [0.29, 0.717) is 0 Å². The average molecular weight is 743 g/mol. The predicted octanol–water partition coefficient (Wildman–Crippen LogP) is 15.2. The molecular formula is C54H34N2S. The second-order valence-corrected chi connectivity index (χ2v) is 16.0. The Kier molecular flexibility index (Phi) is 7.13. The van der Waals surface area contributed by atoms with Crippen LogP contribution in [0.25, 0.3) is 109 Å². The summed E-state index contributed by atoms with van der Waals surface area (Å²) in [6.45, 7) is 0. The first kappa shape index (κ1) is 32.1. The summed E-state index contributed by atoms with van der Waals surface area (Å²) >= 11 is 1.87. The molecule has 266 valence electrons. The highest BCUT2D eigenvalue weighted by Gasteiger charge is 2.17. The van der Waals surface area contributed by atoms with Crippen LogP contribution in [-0.2, 0) is 0 Å². The van der Waals surface area contributed by atoms with E-state index in [1.165, 1.54) is 103 Å². The molecule has 0 spiro atoms. The van der Waals surface area contributed by atoms with Gasteiger partial charge in [0.2, 0.25) is 0 Å². The fraction of sp³-hybridized carbons (Fsp3) is 0. The minimum absolute atomic E-state index is 1.15. The largest absolute Gasteiger partial charge is 0.309 e. The van der Waals surface area contributed by atoms with Gasteiger partial charge in [-0.25, -0.2) is 0 Å². The van der Waals surface area contributed by atoms with Crippen molar-refractivity contribution in [1.29, 1.82) is 0 Å². The number of para-hydroxylation sites is 2. The van der Waals surface area contributed by atoms with E-state index in [1.54, 1.807) is 0 Å². The van der Waals surface area contributed by atoms with Crippen LogP contribution in [0, 0.1) is 0 Å². The Hall–Kier alpha value is -7.20. The molecule has 2 nitrogen and oxygen atoms in total. The van der Waals surface area contributed by atoms with Crippen molar-refractivity contribution in [2.45, 2.75) is 0 Å². The monoisotopic (exact) mass is 742 g/mol. The molecule has 0 aliphatic rings. The van der Waals surface area contributed by atoms with E-state index in [4.69, 9.17) is 0 Å². The van der Waals surface area contributed by atoms with E-state index in [-0.39, 0.29) is 0 Å². The molecule has 12 rings (SSSR count). The molecule has 0 aliphatic heterocycles. The van der Waals surface area contributed by atoms with E-state index in [0.717, 1.165) is 5.69 Å². The number of nitrogens with zero attached hydrogens (tertiary/aromatic N) is 2. The van der Waals surface area contributed by atoms with Crippen molar-refractivity contribution in [2.75, 3.05) is 0 Å². The van der Waals surface area contributed by atoms with Gasteiger partial charge in [0.1, 0.15) is 0 Å². The number of aromatic nitrogens is 2. The first-order valence-electron chi connectivity index (χ1n) is 19.5. The highest BCUT2D eigenvalue weighted by atomic mass is 32.1. The average Bonchev–Trinajstić information content (AvgIpc) is 3.93. The van der Waals surface area contributed by atoms with E-state index < -0.39 is 0 Å². The van der Waals surface area contributed by atoms with Crippen molar-refractivity contribution in [2.24, 2.45) is 0 Å². The standard InChI is InChI=1S/C54H34N2S/c1-3-11-35(12-4-1)36-19-25-42(26-20-36)56-51-28-22-38(37-21-27-50-45(31-37)43-15-7-9-17-49(43)55(50)41-13-5-2-6-14-41)32-46(51)47-33-39(23-29-52(47)56)40-24-30-54-48(34-40)44-16-8-10-18-53(44)57-54/h1-34H. The minimum Gasteiger partial charge on any atom is -0.309 e. The van der Waals surface area contributed by atoms with Gasteiger partial charge >= 0.3 is 0 Å². The van der Waals surface area contributed by atoms with Gasteiger partial charge in [0.15, 0.2) is 0 Å². The van der Waals surface area contributed by atoms with Crippen molar-refractivity contribution in [1.82, 2.24) is 9.13 Å². The van der Waals surface area contributed by atoms with Crippen molar-refractivity contribution in [3.05, 3.63) is 206 Å². The Morgan fingerprint density at radius 1 is 0.246 bits per heavy atom. The minimum atomic E-state index is 1.15. The molecule has 3 aromatic heterocycles. The van der Waals surface area contributed by atoms with E-state index in [9.17, 15) is 0 Å². The Morgan fingerprint density at radius 3 is 1.28 bits per heavy atom. The normalized spacial score (nSPS) is 11.9. The molecule has 9 aromatic carbocycles. The lowest BCUT2D eigenvalue weighted by Crippen LogP contribution is -1.94. The van der Waals surface area contributed by atoms with Crippen LogP contribution in [0.1, 0.15) is 0 Å². The third-order valence-corrected chi connectivity index (χ3v) is 12.9. The van der Waals surface area contributed by atoms with Gasteiger partial charge in [0.25, 0.3) is 0 Å². The summed E-state index contributed by atoms with van der Waals surface area (Å²) in [6, 6.07) is 75.8. The SMILES string of the molecule is c1ccc(-c2ccc(-n3c4ccc(-c5ccc6sc7ccccc7c6c5)cc4c4cc(-c5ccc6c(c5)c5ccccc5n6-c5ccccc5)ccc43)cc2)cc1. The predicted molar refractivity (Wildman–Crippen MR) is 244 cm³/mol. The summed E-state index contributed by atoms with van der Waals surface area (Å²) in [6.07, 6.45) is 0.